The first-order valence-electron chi connectivity index (χ1n) is 7.20. The van der Waals surface area contributed by atoms with Crippen LogP contribution in [0.2, 0.25) is 10.0 Å². The molecular weight excluding hydrogens is 319 g/mol. The van der Waals surface area contributed by atoms with Crippen LogP contribution in [0.3, 0.4) is 0 Å². The zero-order chi connectivity index (χ0) is 15.9. The molecule has 2 aromatic carbocycles. The molecule has 0 aliphatic heterocycles. The van der Waals surface area contributed by atoms with Gasteiger partial charge >= 0.3 is 6.03 Å². The first-order chi connectivity index (χ1) is 10.6. The molecule has 1 N–H and O–H groups in total. The van der Waals surface area contributed by atoms with Crippen LogP contribution in [0.5, 0.6) is 0 Å². The lowest BCUT2D eigenvalue weighted by molar-refractivity contribution is 0.257. The van der Waals surface area contributed by atoms with Gasteiger partial charge in [-0.25, -0.2) is 4.79 Å². The molecule has 0 aliphatic carbocycles. The number of para-hydroxylation sites is 1. The summed E-state index contributed by atoms with van der Waals surface area (Å²) in [5, 5.41) is 3.80. The third-order valence-corrected chi connectivity index (χ3v) is 3.77. The molecule has 22 heavy (non-hydrogen) atoms. The number of carbonyl (C=O) groups is 1. The van der Waals surface area contributed by atoms with Gasteiger partial charge in [-0.1, -0.05) is 54.7 Å². The summed E-state index contributed by atoms with van der Waals surface area (Å²) in [5.41, 5.74) is 1.41. The monoisotopic (exact) mass is 336 g/mol. The summed E-state index contributed by atoms with van der Waals surface area (Å²) in [6.45, 7) is 2.74. The summed E-state index contributed by atoms with van der Waals surface area (Å²) in [7, 11) is 0. The lowest BCUT2D eigenvalue weighted by Crippen LogP contribution is -2.35. The molecule has 5 heteroatoms. The van der Waals surface area contributed by atoms with E-state index in [9.17, 15) is 4.79 Å². The summed E-state index contributed by atoms with van der Waals surface area (Å²) in [6, 6.07) is 14.4. The van der Waals surface area contributed by atoms with Crippen molar-refractivity contribution in [3.63, 3.8) is 0 Å². The Morgan fingerprint density at radius 1 is 1.14 bits per heavy atom. The molecule has 116 valence electrons. The molecule has 0 aromatic heterocycles. The maximum atomic E-state index is 12.6. The smallest absolute Gasteiger partial charge is 0.306 e. The molecular formula is C17H18Cl2N2O. The van der Waals surface area contributed by atoms with E-state index in [0.717, 1.165) is 18.5 Å². The summed E-state index contributed by atoms with van der Waals surface area (Å²) < 4.78 is 0. The molecule has 2 amide bonds. The Bertz CT molecular complexity index is 632. The van der Waals surface area contributed by atoms with Gasteiger partial charge in [-0.15, -0.1) is 0 Å². The van der Waals surface area contributed by atoms with E-state index < -0.39 is 0 Å². The number of hydrogen-bond donors (Lipinski definition) is 1. The van der Waals surface area contributed by atoms with Gasteiger partial charge in [0.05, 0.1) is 10.7 Å². The number of nitrogens with one attached hydrogen (secondary N) is 1. The zero-order valence-corrected chi connectivity index (χ0v) is 13.9. The van der Waals surface area contributed by atoms with Crippen LogP contribution < -0.4 is 10.2 Å². The molecule has 3 nitrogen and oxygen atoms in total. The molecule has 0 spiro atoms. The normalized spacial score (nSPS) is 10.3. The molecule has 2 aromatic rings. The van der Waals surface area contributed by atoms with E-state index in [1.165, 1.54) is 0 Å². The highest BCUT2D eigenvalue weighted by Crippen LogP contribution is 2.26. The first kappa shape index (κ1) is 16.7. The lowest BCUT2D eigenvalue weighted by Gasteiger charge is -2.23. The lowest BCUT2D eigenvalue weighted by atomic mass is 10.2. The highest BCUT2D eigenvalue weighted by Gasteiger charge is 2.16. The second-order valence-corrected chi connectivity index (χ2v) is 5.74. The largest absolute Gasteiger partial charge is 0.326 e. The van der Waals surface area contributed by atoms with Gasteiger partial charge in [0.25, 0.3) is 0 Å². The Hall–Kier alpha value is -1.71. The van der Waals surface area contributed by atoms with Crippen molar-refractivity contribution in [3.8, 4) is 0 Å². The molecule has 0 radical (unpaired) electrons. The molecule has 0 saturated carbocycles. The van der Waals surface area contributed by atoms with Crippen molar-refractivity contribution in [3.05, 3.63) is 58.6 Å². The number of nitrogens with zero attached hydrogens (tertiary/aromatic N) is 1. The summed E-state index contributed by atoms with van der Waals surface area (Å²) in [4.78, 5) is 14.3. The molecule has 0 saturated heterocycles. The molecule has 0 bridgehead atoms. The van der Waals surface area contributed by atoms with E-state index in [2.05, 4.69) is 12.2 Å². The fourth-order valence-electron chi connectivity index (χ4n) is 2.05. The van der Waals surface area contributed by atoms with E-state index in [4.69, 9.17) is 23.2 Å². The number of carbonyl (C=O) groups excluding carboxylic acids is 1. The van der Waals surface area contributed by atoms with Crippen LogP contribution in [0.15, 0.2) is 48.5 Å². The predicted molar refractivity (Wildman–Crippen MR) is 94.2 cm³/mol. The van der Waals surface area contributed by atoms with Crippen molar-refractivity contribution in [1.82, 2.24) is 0 Å². The van der Waals surface area contributed by atoms with Crippen LogP contribution >= 0.6 is 23.2 Å². The fraction of sp³-hybridized carbons (Fsp3) is 0.235. The van der Waals surface area contributed by atoms with E-state index in [-0.39, 0.29) is 6.03 Å². The SMILES string of the molecule is CCCCN(C(=O)Nc1ccc(Cl)cc1Cl)c1ccccc1. The van der Waals surface area contributed by atoms with Crippen molar-refractivity contribution < 1.29 is 4.79 Å². The van der Waals surface area contributed by atoms with Gasteiger partial charge in [-0.05, 0) is 36.8 Å². The second-order valence-electron chi connectivity index (χ2n) is 4.90. The van der Waals surface area contributed by atoms with Crippen molar-refractivity contribution in [1.29, 1.82) is 0 Å². The fourth-order valence-corrected chi connectivity index (χ4v) is 2.50. The molecule has 0 heterocycles. The van der Waals surface area contributed by atoms with Crippen LogP contribution in [-0.2, 0) is 0 Å². The van der Waals surface area contributed by atoms with Gasteiger partial charge in [-0.3, -0.25) is 4.90 Å². The third kappa shape index (κ3) is 4.39. The Morgan fingerprint density at radius 3 is 2.50 bits per heavy atom. The third-order valence-electron chi connectivity index (χ3n) is 3.22. The average Bonchev–Trinajstić information content (AvgIpc) is 2.51. The Labute approximate surface area is 140 Å². The van der Waals surface area contributed by atoms with Crippen LogP contribution in [0.25, 0.3) is 0 Å². The van der Waals surface area contributed by atoms with Crippen LogP contribution in [0.1, 0.15) is 19.8 Å². The quantitative estimate of drug-likeness (QED) is 0.731. The predicted octanol–water partition coefficient (Wildman–Crippen LogP) is 5.83. The minimum Gasteiger partial charge on any atom is -0.306 e. The maximum absolute atomic E-state index is 12.6. The van der Waals surface area contributed by atoms with Crippen molar-refractivity contribution in [2.45, 2.75) is 19.8 Å². The standard InChI is InChI=1S/C17H18Cl2N2O/c1-2-3-11-21(14-7-5-4-6-8-14)17(22)20-16-10-9-13(18)12-15(16)19/h4-10,12H,2-3,11H2,1H3,(H,20,22). The zero-order valence-electron chi connectivity index (χ0n) is 12.4. The highest BCUT2D eigenvalue weighted by atomic mass is 35.5. The van der Waals surface area contributed by atoms with E-state index in [0.29, 0.717) is 22.3 Å². The number of unbranched alkanes of at least 4 members (excludes halogenated alkanes) is 1. The minimum absolute atomic E-state index is 0.205. The van der Waals surface area contributed by atoms with Crippen molar-refractivity contribution in [2.75, 3.05) is 16.8 Å². The molecule has 0 unspecified atom stereocenters. The number of rotatable bonds is 5. The first-order valence-corrected chi connectivity index (χ1v) is 7.96. The van der Waals surface area contributed by atoms with E-state index in [1.54, 1.807) is 23.1 Å². The Balaban J connectivity index is 2.18. The van der Waals surface area contributed by atoms with Gasteiger partial charge in [0.15, 0.2) is 0 Å². The molecule has 0 aliphatic rings. The van der Waals surface area contributed by atoms with E-state index >= 15 is 0 Å². The van der Waals surface area contributed by atoms with E-state index in [1.807, 2.05) is 30.3 Å². The summed E-state index contributed by atoms with van der Waals surface area (Å²) in [6.07, 6.45) is 1.94. The van der Waals surface area contributed by atoms with Gasteiger partial charge in [-0.2, -0.15) is 0 Å². The number of urea groups is 1. The van der Waals surface area contributed by atoms with Crippen molar-refractivity contribution in [2.24, 2.45) is 0 Å². The molecule has 0 atom stereocenters. The molecule has 0 fully saturated rings. The highest BCUT2D eigenvalue weighted by molar-refractivity contribution is 6.36. The average molecular weight is 337 g/mol. The maximum Gasteiger partial charge on any atom is 0.326 e. The van der Waals surface area contributed by atoms with Crippen molar-refractivity contribution >= 4 is 40.6 Å². The summed E-state index contributed by atoms with van der Waals surface area (Å²) >= 11 is 12.0. The minimum atomic E-state index is -0.205. The van der Waals surface area contributed by atoms with Gasteiger partial charge in [0.2, 0.25) is 0 Å². The number of benzene rings is 2. The summed E-state index contributed by atoms with van der Waals surface area (Å²) in [5.74, 6) is 0. The topological polar surface area (TPSA) is 32.3 Å². The Kier molecular flexibility index (Phi) is 6.10. The second kappa shape index (κ2) is 8.06. The van der Waals surface area contributed by atoms with Gasteiger partial charge in [0.1, 0.15) is 0 Å². The van der Waals surface area contributed by atoms with Gasteiger partial charge in [0, 0.05) is 17.3 Å². The van der Waals surface area contributed by atoms with Crippen LogP contribution in [0, 0.1) is 0 Å². The number of hydrogen-bond acceptors (Lipinski definition) is 1. The number of amides is 2. The number of anilines is 2. The van der Waals surface area contributed by atoms with Crippen LogP contribution in [-0.4, -0.2) is 12.6 Å². The van der Waals surface area contributed by atoms with Gasteiger partial charge < -0.3 is 5.32 Å². The van der Waals surface area contributed by atoms with Crippen LogP contribution in [0.4, 0.5) is 16.2 Å². The number of halogens is 2. The molecule has 2 rings (SSSR count). The Morgan fingerprint density at radius 2 is 1.86 bits per heavy atom.